The lowest BCUT2D eigenvalue weighted by Gasteiger charge is -2.07. The summed E-state index contributed by atoms with van der Waals surface area (Å²) in [5, 5.41) is 13.3. The zero-order chi connectivity index (χ0) is 14.7. The van der Waals surface area contributed by atoms with Gasteiger partial charge in [-0.25, -0.2) is 4.98 Å². The van der Waals surface area contributed by atoms with E-state index < -0.39 is 10.8 Å². The molecule has 0 aliphatic rings. The van der Waals surface area contributed by atoms with Crippen molar-refractivity contribution >= 4 is 40.0 Å². The molecular formula is C13H10IN3O3. The average molecular weight is 383 g/mol. The first-order valence-electron chi connectivity index (χ1n) is 5.65. The number of nitro benzene ring substituents is 1. The Morgan fingerprint density at radius 1 is 1.40 bits per heavy atom. The smallest absolute Gasteiger partial charge is 0.270 e. The molecule has 102 valence electrons. The molecule has 2 rings (SSSR count). The predicted octanol–water partition coefficient (Wildman–Crippen LogP) is 3.16. The highest BCUT2D eigenvalue weighted by atomic mass is 127. The molecule has 0 saturated heterocycles. The van der Waals surface area contributed by atoms with Crippen molar-refractivity contribution in [2.24, 2.45) is 0 Å². The molecule has 20 heavy (non-hydrogen) atoms. The number of amides is 1. The second kappa shape index (κ2) is 5.95. The molecule has 2 aromatic rings. The van der Waals surface area contributed by atoms with Crippen molar-refractivity contribution < 1.29 is 9.72 Å². The van der Waals surface area contributed by atoms with Crippen molar-refractivity contribution in [3.05, 3.63) is 61.3 Å². The van der Waals surface area contributed by atoms with Gasteiger partial charge in [-0.2, -0.15) is 0 Å². The molecule has 0 saturated carbocycles. The van der Waals surface area contributed by atoms with E-state index in [0.29, 0.717) is 5.82 Å². The summed E-state index contributed by atoms with van der Waals surface area (Å²) in [4.78, 5) is 26.3. The van der Waals surface area contributed by atoms with E-state index in [1.165, 1.54) is 24.3 Å². The van der Waals surface area contributed by atoms with Crippen LogP contribution in [-0.2, 0) is 0 Å². The molecule has 1 amide bonds. The van der Waals surface area contributed by atoms with Crippen molar-refractivity contribution in [2.75, 3.05) is 5.32 Å². The summed E-state index contributed by atoms with van der Waals surface area (Å²) in [5.41, 5.74) is 0.930. The monoisotopic (exact) mass is 383 g/mol. The Labute approximate surface area is 128 Å². The molecule has 0 unspecified atom stereocenters. The topological polar surface area (TPSA) is 85.1 Å². The van der Waals surface area contributed by atoms with Crippen LogP contribution in [0, 0.1) is 20.6 Å². The fourth-order valence-corrected chi connectivity index (χ4v) is 2.22. The van der Waals surface area contributed by atoms with Gasteiger partial charge in [0.2, 0.25) is 0 Å². The SMILES string of the molecule is Cc1cc(I)cnc1NC(=O)c1cccc([N+](=O)[O-])c1. The maximum atomic E-state index is 12.1. The van der Waals surface area contributed by atoms with Gasteiger partial charge in [0, 0.05) is 27.5 Å². The van der Waals surface area contributed by atoms with Gasteiger partial charge in [-0.3, -0.25) is 14.9 Å². The van der Waals surface area contributed by atoms with Gasteiger partial charge in [0.05, 0.1) is 4.92 Å². The number of pyridine rings is 1. The molecule has 0 atom stereocenters. The van der Waals surface area contributed by atoms with E-state index in [1.54, 1.807) is 6.20 Å². The minimum absolute atomic E-state index is 0.120. The van der Waals surface area contributed by atoms with Crippen LogP contribution in [-0.4, -0.2) is 15.8 Å². The standard InChI is InChI=1S/C13H10IN3O3/c1-8-5-10(14)7-15-12(8)16-13(18)9-3-2-4-11(6-9)17(19)20/h2-7H,1H3,(H,15,16,18). The third kappa shape index (κ3) is 3.29. The average Bonchev–Trinajstić information content (AvgIpc) is 2.42. The number of non-ortho nitro benzene ring substituents is 1. The third-order valence-corrected chi connectivity index (χ3v) is 3.19. The lowest BCUT2D eigenvalue weighted by molar-refractivity contribution is -0.384. The minimum atomic E-state index is -0.537. The van der Waals surface area contributed by atoms with Crippen LogP contribution in [0.2, 0.25) is 0 Å². The molecular weight excluding hydrogens is 373 g/mol. The molecule has 0 spiro atoms. The van der Waals surface area contributed by atoms with Gasteiger partial charge in [-0.05, 0) is 47.2 Å². The van der Waals surface area contributed by atoms with Crippen LogP contribution >= 0.6 is 22.6 Å². The lowest BCUT2D eigenvalue weighted by atomic mass is 10.2. The Balaban J connectivity index is 2.24. The summed E-state index contributed by atoms with van der Waals surface area (Å²) < 4.78 is 0.966. The van der Waals surface area contributed by atoms with E-state index in [2.05, 4.69) is 32.9 Å². The third-order valence-electron chi connectivity index (χ3n) is 2.60. The van der Waals surface area contributed by atoms with Gasteiger partial charge in [0.15, 0.2) is 0 Å². The quantitative estimate of drug-likeness (QED) is 0.501. The zero-order valence-electron chi connectivity index (χ0n) is 10.5. The molecule has 0 fully saturated rings. The maximum absolute atomic E-state index is 12.1. The molecule has 1 heterocycles. The first kappa shape index (κ1) is 14.4. The van der Waals surface area contributed by atoms with Crippen LogP contribution in [0.5, 0.6) is 0 Å². The maximum Gasteiger partial charge on any atom is 0.270 e. The number of aryl methyl sites for hydroxylation is 1. The summed E-state index contributed by atoms with van der Waals surface area (Å²) in [5.74, 6) is 0.0208. The molecule has 7 heteroatoms. The Morgan fingerprint density at radius 3 is 2.80 bits per heavy atom. The number of nitrogens with zero attached hydrogens (tertiary/aromatic N) is 2. The summed E-state index contributed by atoms with van der Waals surface area (Å²) in [6, 6.07) is 7.45. The van der Waals surface area contributed by atoms with Gasteiger partial charge < -0.3 is 5.32 Å². The number of aromatic nitrogens is 1. The van der Waals surface area contributed by atoms with Crippen LogP contribution in [0.15, 0.2) is 36.5 Å². The number of nitro groups is 1. The Hall–Kier alpha value is -2.03. The summed E-state index contributed by atoms with van der Waals surface area (Å²) >= 11 is 2.13. The van der Waals surface area contributed by atoms with E-state index >= 15 is 0 Å². The van der Waals surface area contributed by atoms with Crippen LogP contribution < -0.4 is 5.32 Å². The molecule has 1 aromatic carbocycles. The highest BCUT2D eigenvalue weighted by molar-refractivity contribution is 14.1. The van der Waals surface area contributed by atoms with Crippen molar-refractivity contribution in [2.45, 2.75) is 6.92 Å². The van der Waals surface area contributed by atoms with E-state index in [1.807, 2.05) is 13.0 Å². The normalized spacial score (nSPS) is 10.1. The summed E-state index contributed by atoms with van der Waals surface area (Å²) in [7, 11) is 0. The van der Waals surface area contributed by atoms with E-state index in [0.717, 1.165) is 9.13 Å². The number of carbonyl (C=O) groups is 1. The molecule has 0 bridgehead atoms. The summed E-state index contributed by atoms with van der Waals surface area (Å²) in [6.07, 6.45) is 1.64. The first-order chi connectivity index (χ1) is 9.47. The van der Waals surface area contributed by atoms with Gasteiger partial charge >= 0.3 is 0 Å². The minimum Gasteiger partial charge on any atom is -0.306 e. The Kier molecular flexibility index (Phi) is 4.28. The molecule has 0 radical (unpaired) electrons. The van der Waals surface area contributed by atoms with Gasteiger partial charge in [-0.15, -0.1) is 0 Å². The van der Waals surface area contributed by atoms with Crippen molar-refractivity contribution in [1.82, 2.24) is 4.98 Å². The van der Waals surface area contributed by atoms with Crippen molar-refractivity contribution in [3.63, 3.8) is 0 Å². The largest absolute Gasteiger partial charge is 0.306 e. The van der Waals surface area contributed by atoms with E-state index in [-0.39, 0.29) is 11.3 Å². The number of hydrogen-bond donors (Lipinski definition) is 1. The van der Waals surface area contributed by atoms with E-state index in [4.69, 9.17) is 0 Å². The number of nitrogens with one attached hydrogen (secondary N) is 1. The molecule has 0 aliphatic heterocycles. The number of carbonyl (C=O) groups excluding carboxylic acids is 1. The highest BCUT2D eigenvalue weighted by Gasteiger charge is 2.13. The lowest BCUT2D eigenvalue weighted by Crippen LogP contribution is -2.14. The second-order valence-electron chi connectivity index (χ2n) is 4.08. The Bertz CT molecular complexity index is 688. The first-order valence-corrected chi connectivity index (χ1v) is 6.73. The van der Waals surface area contributed by atoms with Crippen LogP contribution in [0.1, 0.15) is 15.9 Å². The van der Waals surface area contributed by atoms with Crippen LogP contribution in [0.3, 0.4) is 0 Å². The molecule has 6 nitrogen and oxygen atoms in total. The van der Waals surface area contributed by atoms with Crippen molar-refractivity contribution in [1.29, 1.82) is 0 Å². The van der Waals surface area contributed by atoms with Crippen molar-refractivity contribution in [3.8, 4) is 0 Å². The number of hydrogen-bond acceptors (Lipinski definition) is 4. The fourth-order valence-electron chi connectivity index (χ4n) is 1.61. The summed E-state index contributed by atoms with van der Waals surface area (Å²) in [6.45, 7) is 1.83. The molecule has 1 N–H and O–H groups in total. The van der Waals surface area contributed by atoms with E-state index in [9.17, 15) is 14.9 Å². The highest BCUT2D eigenvalue weighted by Crippen LogP contribution is 2.17. The second-order valence-corrected chi connectivity index (χ2v) is 5.33. The number of halogens is 1. The number of rotatable bonds is 3. The number of anilines is 1. The zero-order valence-corrected chi connectivity index (χ0v) is 12.6. The van der Waals surface area contributed by atoms with Gasteiger partial charge in [0.25, 0.3) is 11.6 Å². The van der Waals surface area contributed by atoms with Gasteiger partial charge in [0.1, 0.15) is 5.82 Å². The number of benzene rings is 1. The predicted molar refractivity (Wildman–Crippen MR) is 82.7 cm³/mol. The molecule has 0 aliphatic carbocycles. The van der Waals surface area contributed by atoms with Gasteiger partial charge in [-0.1, -0.05) is 6.07 Å². The van der Waals surface area contributed by atoms with Crippen LogP contribution in [0.25, 0.3) is 0 Å². The van der Waals surface area contributed by atoms with Crippen LogP contribution in [0.4, 0.5) is 11.5 Å². The Morgan fingerprint density at radius 2 is 2.15 bits per heavy atom. The molecule has 1 aromatic heterocycles. The fraction of sp³-hybridized carbons (Fsp3) is 0.0769.